The van der Waals surface area contributed by atoms with Crippen LogP contribution in [0, 0.1) is 25.2 Å². The van der Waals surface area contributed by atoms with Crippen molar-refractivity contribution in [3.8, 4) is 17.6 Å². The number of phenols is 1. The number of aromatic hydroxyl groups is 1. The number of hydrogen-bond donors (Lipinski definition) is 1. The molecule has 0 saturated heterocycles. The minimum absolute atomic E-state index is 0.106. The highest BCUT2D eigenvalue weighted by Crippen LogP contribution is 2.34. The van der Waals surface area contributed by atoms with Crippen LogP contribution in [-0.2, 0) is 0 Å². The first kappa shape index (κ1) is 15.1. The molecular weight excluding hydrogens is 284 g/mol. The van der Waals surface area contributed by atoms with Crippen molar-refractivity contribution in [2.75, 3.05) is 6.61 Å². The van der Waals surface area contributed by atoms with E-state index in [9.17, 15) is 10.4 Å². The second-order valence-corrected chi connectivity index (χ2v) is 5.70. The summed E-state index contributed by atoms with van der Waals surface area (Å²) in [6, 6.07) is 7.24. The standard InChI is InChI=1S/C16H16N2O2S/c1-4-20-15-7-12(5-6-14(15)19)9-18-16-13(8-17)10(2)11(3)21-16/h5-7,9,19H,4H2,1-3H3/b18-9+. The van der Waals surface area contributed by atoms with E-state index in [0.29, 0.717) is 22.9 Å². The van der Waals surface area contributed by atoms with Crippen LogP contribution in [-0.4, -0.2) is 17.9 Å². The van der Waals surface area contributed by atoms with Crippen LogP contribution in [0.1, 0.15) is 28.5 Å². The first-order valence-electron chi connectivity index (χ1n) is 6.56. The molecule has 0 radical (unpaired) electrons. The van der Waals surface area contributed by atoms with Gasteiger partial charge in [0, 0.05) is 11.1 Å². The smallest absolute Gasteiger partial charge is 0.161 e. The van der Waals surface area contributed by atoms with Gasteiger partial charge in [0.25, 0.3) is 0 Å². The van der Waals surface area contributed by atoms with Gasteiger partial charge in [0.15, 0.2) is 11.5 Å². The molecule has 0 fully saturated rings. The molecule has 0 atom stereocenters. The lowest BCUT2D eigenvalue weighted by Crippen LogP contribution is -1.93. The van der Waals surface area contributed by atoms with E-state index < -0.39 is 0 Å². The molecule has 1 aromatic heterocycles. The summed E-state index contributed by atoms with van der Waals surface area (Å²) >= 11 is 1.50. The molecule has 4 nitrogen and oxygen atoms in total. The second-order valence-electron chi connectivity index (χ2n) is 4.49. The Bertz CT molecular complexity index is 727. The Labute approximate surface area is 128 Å². The van der Waals surface area contributed by atoms with E-state index in [1.54, 1.807) is 24.4 Å². The lowest BCUT2D eigenvalue weighted by atomic mass is 10.2. The van der Waals surface area contributed by atoms with Crippen molar-refractivity contribution in [2.24, 2.45) is 4.99 Å². The lowest BCUT2D eigenvalue weighted by Gasteiger charge is -2.05. The Kier molecular flexibility index (Phi) is 4.61. The lowest BCUT2D eigenvalue weighted by molar-refractivity contribution is 0.318. The largest absolute Gasteiger partial charge is 0.504 e. The fraction of sp³-hybridized carbons (Fsp3) is 0.250. The van der Waals surface area contributed by atoms with Gasteiger partial charge in [0.2, 0.25) is 0 Å². The van der Waals surface area contributed by atoms with E-state index >= 15 is 0 Å². The SMILES string of the molecule is CCOc1cc(/C=N/c2sc(C)c(C)c2C#N)ccc1O. The first-order chi connectivity index (χ1) is 10.1. The van der Waals surface area contributed by atoms with Crippen LogP contribution in [0.5, 0.6) is 11.5 Å². The Hall–Kier alpha value is -2.32. The quantitative estimate of drug-likeness (QED) is 0.865. The molecule has 0 aliphatic rings. The molecule has 1 heterocycles. The van der Waals surface area contributed by atoms with Crippen LogP contribution >= 0.6 is 11.3 Å². The molecule has 0 unspecified atom stereocenters. The van der Waals surface area contributed by atoms with Gasteiger partial charge in [0.1, 0.15) is 11.1 Å². The number of hydrogen-bond acceptors (Lipinski definition) is 5. The zero-order valence-corrected chi connectivity index (χ0v) is 13.0. The van der Waals surface area contributed by atoms with Gasteiger partial charge in [-0.05, 0) is 50.1 Å². The Morgan fingerprint density at radius 3 is 2.86 bits per heavy atom. The Balaban J connectivity index is 2.32. The van der Waals surface area contributed by atoms with Crippen molar-refractivity contribution in [3.63, 3.8) is 0 Å². The maximum absolute atomic E-state index is 9.66. The summed E-state index contributed by atoms with van der Waals surface area (Å²) < 4.78 is 5.34. The van der Waals surface area contributed by atoms with Gasteiger partial charge in [-0.25, -0.2) is 4.99 Å². The van der Waals surface area contributed by atoms with E-state index in [4.69, 9.17) is 4.74 Å². The van der Waals surface area contributed by atoms with E-state index in [2.05, 4.69) is 11.1 Å². The highest BCUT2D eigenvalue weighted by atomic mass is 32.1. The van der Waals surface area contributed by atoms with Gasteiger partial charge in [-0.2, -0.15) is 5.26 Å². The van der Waals surface area contributed by atoms with Gasteiger partial charge in [0.05, 0.1) is 12.2 Å². The number of nitriles is 1. The highest BCUT2D eigenvalue weighted by molar-refractivity contribution is 7.16. The first-order valence-corrected chi connectivity index (χ1v) is 7.38. The normalized spacial score (nSPS) is 10.8. The number of thiophene rings is 1. The predicted octanol–water partition coefficient (Wildman–Crippen LogP) is 4.09. The van der Waals surface area contributed by atoms with Crippen LogP contribution in [0.15, 0.2) is 23.2 Å². The van der Waals surface area contributed by atoms with Crippen molar-refractivity contribution in [1.29, 1.82) is 5.26 Å². The summed E-state index contributed by atoms with van der Waals surface area (Å²) in [5, 5.41) is 19.6. The van der Waals surface area contributed by atoms with Crippen LogP contribution in [0.4, 0.5) is 5.00 Å². The van der Waals surface area contributed by atoms with Crippen LogP contribution in [0.3, 0.4) is 0 Å². The molecule has 0 aliphatic carbocycles. The van der Waals surface area contributed by atoms with E-state index in [1.165, 1.54) is 11.3 Å². The topological polar surface area (TPSA) is 65.6 Å². The maximum atomic E-state index is 9.66. The molecule has 21 heavy (non-hydrogen) atoms. The zero-order chi connectivity index (χ0) is 15.4. The maximum Gasteiger partial charge on any atom is 0.161 e. The average Bonchev–Trinajstić information content (AvgIpc) is 2.74. The van der Waals surface area contributed by atoms with Gasteiger partial charge >= 0.3 is 0 Å². The van der Waals surface area contributed by atoms with Crippen LogP contribution in [0.25, 0.3) is 0 Å². The third kappa shape index (κ3) is 3.23. The molecule has 1 N–H and O–H groups in total. The molecule has 0 bridgehead atoms. The van der Waals surface area contributed by atoms with Gasteiger partial charge in [-0.3, -0.25) is 0 Å². The molecule has 0 aliphatic heterocycles. The monoisotopic (exact) mass is 300 g/mol. The number of aliphatic imine (C=N–C) groups is 1. The zero-order valence-electron chi connectivity index (χ0n) is 12.2. The fourth-order valence-corrected chi connectivity index (χ4v) is 2.80. The fourth-order valence-electron chi connectivity index (χ4n) is 1.85. The van der Waals surface area contributed by atoms with Gasteiger partial charge in [-0.1, -0.05) is 0 Å². The number of ether oxygens (including phenoxy) is 1. The second kappa shape index (κ2) is 6.42. The van der Waals surface area contributed by atoms with Crippen molar-refractivity contribution < 1.29 is 9.84 Å². The van der Waals surface area contributed by atoms with E-state index in [1.807, 2.05) is 20.8 Å². The van der Waals surface area contributed by atoms with Crippen molar-refractivity contribution >= 4 is 22.6 Å². The van der Waals surface area contributed by atoms with E-state index in [0.717, 1.165) is 16.0 Å². The molecule has 0 saturated carbocycles. The molecule has 1 aromatic carbocycles. The summed E-state index contributed by atoms with van der Waals surface area (Å²) in [5.41, 5.74) is 2.41. The molecule has 2 aromatic rings. The molecule has 108 valence electrons. The third-order valence-corrected chi connectivity index (χ3v) is 4.21. The Morgan fingerprint density at radius 1 is 1.43 bits per heavy atom. The van der Waals surface area contributed by atoms with Crippen LogP contribution in [0.2, 0.25) is 0 Å². The highest BCUT2D eigenvalue weighted by Gasteiger charge is 2.11. The molecule has 2 rings (SSSR count). The van der Waals surface area contributed by atoms with E-state index in [-0.39, 0.29) is 5.75 Å². The minimum Gasteiger partial charge on any atom is -0.504 e. The number of aryl methyl sites for hydroxylation is 1. The van der Waals surface area contributed by atoms with Gasteiger partial charge in [-0.15, -0.1) is 11.3 Å². The van der Waals surface area contributed by atoms with Gasteiger partial charge < -0.3 is 9.84 Å². The summed E-state index contributed by atoms with van der Waals surface area (Å²) in [6.07, 6.45) is 1.67. The van der Waals surface area contributed by atoms with Crippen molar-refractivity contribution in [3.05, 3.63) is 39.8 Å². The summed E-state index contributed by atoms with van der Waals surface area (Å²) in [5.74, 6) is 0.537. The molecule has 5 heteroatoms. The molecular formula is C16H16N2O2S. The average molecular weight is 300 g/mol. The summed E-state index contributed by atoms with van der Waals surface area (Å²) in [4.78, 5) is 5.49. The third-order valence-electron chi connectivity index (χ3n) is 3.09. The van der Waals surface area contributed by atoms with Crippen LogP contribution < -0.4 is 4.74 Å². The number of benzene rings is 1. The van der Waals surface area contributed by atoms with Crippen molar-refractivity contribution in [1.82, 2.24) is 0 Å². The number of phenolic OH excluding ortho intramolecular Hbond substituents is 1. The Morgan fingerprint density at radius 2 is 2.19 bits per heavy atom. The summed E-state index contributed by atoms with van der Waals surface area (Å²) in [7, 11) is 0. The molecule has 0 spiro atoms. The molecule has 0 amide bonds. The predicted molar refractivity (Wildman–Crippen MR) is 85.0 cm³/mol. The minimum atomic E-state index is 0.106. The van der Waals surface area contributed by atoms with Crippen molar-refractivity contribution in [2.45, 2.75) is 20.8 Å². The number of nitrogens with zero attached hydrogens (tertiary/aromatic N) is 2. The summed E-state index contributed by atoms with van der Waals surface area (Å²) in [6.45, 7) is 6.25. The number of rotatable bonds is 4.